The van der Waals surface area contributed by atoms with Crippen LogP contribution in [0.15, 0.2) is 52.0 Å². The summed E-state index contributed by atoms with van der Waals surface area (Å²) in [6, 6.07) is 10.0. The number of carbonyl (C=O) groups excluding carboxylic acids is 1. The number of piperidine rings is 1. The van der Waals surface area contributed by atoms with Crippen LogP contribution < -0.4 is 21.5 Å². The van der Waals surface area contributed by atoms with Crippen molar-refractivity contribution in [3.8, 4) is 10.8 Å². The van der Waals surface area contributed by atoms with Gasteiger partial charge in [-0.3, -0.25) is 9.69 Å². The zero-order chi connectivity index (χ0) is 27.4. The number of carbonyl (C=O) groups is 1. The number of nitrogens with zero attached hydrogens (tertiary/aromatic N) is 4. The number of thiazole rings is 1. The van der Waals surface area contributed by atoms with Crippen LogP contribution in [-0.4, -0.2) is 66.9 Å². The molecule has 1 aromatic carbocycles. The van der Waals surface area contributed by atoms with E-state index >= 15 is 0 Å². The van der Waals surface area contributed by atoms with Gasteiger partial charge in [0.2, 0.25) is 21.9 Å². The Kier molecular flexibility index (Phi) is 8.07. The lowest BCUT2D eigenvalue weighted by Gasteiger charge is -2.31. The van der Waals surface area contributed by atoms with Crippen molar-refractivity contribution in [2.45, 2.75) is 24.2 Å². The molecule has 5 rings (SSSR count). The highest BCUT2D eigenvalue weighted by molar-refractivity contribution is 7.89. The highest BCUT2D eigenvalue weighted by atomic mass is 32.2. The zero-order valence-electron chi connectivity index (χ0n) is 21.2. The van der Waals surface area contributed by atoms with Crippen LogP contribution in [0.1, 0.15) is 18.4 Å². The van der Waals surface area contributed by atoms with Crippen LogP contribution in [0.25, 0.3) is 21.1 Å². The molecule has 206 valence electrons. The van der Waals surface area contributed by atoms with E-state index in [1.54, 1.807) is 18.4 Å². The normalized spacial score (nSPS) is 15.0. The van der Waals surface area contributed by atoms with Crippen LogP contribution in [-0.2, 0) is 21.2 Å². The Hall–Kier alpha value is -3.59. The molecule has 12 nitrogen and oxygen atoms in total. The summed E-state index contributed by atoms with van der Waals surface area (Å²) in [5, 5.41) is 12.1. The molecule has 0 saturated carbocycles. The van der Waals surface area contributed by atoms with Gasteiger partial charge in [-0.15, -0.1) is 0 Å². The van der Waals surface area contributed by atoms with Crippen molar-refractivity contribution in [2.75, 3.05) is 43.8 Å². The Balaban J connectivity index is 1.03. The van der Waals surface area contributed by atoms with Gasteiger partial charge in [0.05, 0.1) is 17.7 Å². The monoisotopic (exact) mass is 570 g/mol. The fourth-order valence-corrected chi connectivity index (χ4v) is 5.89. The van der Waals surface area contributed by atoms with Crippen LogP contribution in [0.2, 0.25) is 0 Å². The van der Waals surface area contributed by atoms with Gasteiger partial charge in [0.15, 0.2) is 21.4 Å². The summed E-state index contributed by atoms with van der Waals surface area (Å²) in [6.07, 6.45) is 4.12. The number of anilines is 2. The number of aromatic nitrogens is 3. The van der Waals surface area contributed by atoms with E-state index in [-0.39, 0.29) is 10.8 Å². The van der Waals surface area contributed by atoms with Crippen LogP contribution in [0.4, 0.5) is 11.8 Å². The number of sulfonamides is 1. The lowest BCUT2D eigenvalue weighted by atomic mass is 9.97. The second-order valence-corrected chi connectivity index (χ2v) is 12.0. The highest BCUT2D eigenvalue weighted by Gasteiger charge is 2.21. The van der Waals surface area contributed by atoms with Gasteiger partial charge in [-0.1, -0.05) is 23.5 Å². The molecular weight excluding hydrogens is 540 g/mol. The zero-order valence-corrected chi connectivity index (χ0v) is 22.8. The maximum atomic E-state index is 12.4. The maximum Gasteiger partial charge on any atom is 0.238 e. The third kappa shape index (κ3) is 6.89. The second kappa shape index (κ2) is 11.7. The number of benzene rings is 1. The van der Waals surface area contributed by atoms with Crippen molar-refractivity contribution >= 4 is 49.4 Å². The lowest BCUT2D eigenvalue weighted by Crippen LogP contribution is -2.42. The summed E-state index contributed by atoms with van der Waals surface area (Å²) in [5.41, 5.74) is 7.64. The van der Waals surface area contributed by atoms with E-state index in [0.717, 1.165) is 38.0 Å². The molecule has 4 aromatic rings. The van der Waals surface area contributed by atoms with E-state index < -0.39 is 10.0 Å². The summed E-state index contributed by atoms with van der Waals surface area (Å²) >= 11 is 1.41. The number of rotatable bonds is 10. The average Bonchev–Trinajstić information content (AvgIpc) is 3.59. The number of nitrogen functional groups attached to an aromatic ring is 1. The summed E-state index contributed by atoms with van der Waals surface area (Å²) in [6.45, 7) is 3.21. The van der Waals surface area contributed by atoms with E-state index in [0.29, 0.717) is 58.3 Å². The number of nitrogens with one attached hydrogen (secondary N) is 2. The molecule has 0 unspecified atom stereocenters. The van der Waals surface area contributed by atoms with E-state index in [1.165, 1.54) is 23.5 Å². The number of hydrogen-bond donors (Lipinski definition) is 4. The maximum absolute atomic E-state index is 12.4. The number of amides is 1. The average molecular weight is 571 g/mol. The number of likely N-dealkylation sites (tertiary alicyclic amines) is 1. The van der Waals surface area contributed by atoms with Crippen LogP contribution in [0.5, 0.6) is 0 Å². The Morgan fingerprint density at radius 3 is 2.59 bits per heavy atom. The number of nitrogens with two attached hydrogens (primary N) is 2. The van der Waals surface area contributed by atoms with Gasteiger partial charge < -0.3 is 20.8 Å². The molecule has 14 heteroatoms. The molecule has 1 amide bonds. The molecule has 39 heavy (non-hydrogen) atoms. The molecule has 0 spiro atoms. The smallest absolute Gasteiger partial charge is 0.238 e. The number of primary sulfonamides is 1. The molecule has 1 fully saturated rings. The Labute approximate surface area is 229 Å². The van der Waals surface area contributed by atoms with Crippen molar-refractivity contribution in [3.05, 3.63) is 48.2 Å². The summed E-state index contributed by atoms with van der Waals surface area (Å²) in [5.74, 6) is 1.90. The SMILES string of the molecule is Nc1nc(NCC2CCN(CC(=O)NCCc3ccc(S(N)(=O)=O)cc3)CC2)nc2sc(-c3ccco3)nc12. The van der Waals surface area contributed by atoms with E-state index in [2.05, 4.69) is 30.5 Å². The van der Waals surface area contributed by atoms with Crippen molar-refractivity contribution in [1.82, 2.24) is 25.2 Å². The molecule has 6 N–H and O–H groups in total. The number of furan rings is 1. The molecular formula is C25H30N8O4S2. The minimum atomic E-state index is -3.70. The van der Waals surface area contributed by atoms with Gasteiger partial charge in [0.1, 0.15) is 5.52 Å². The van der Waals surface area contributed by atoms with Gasteiger partial charge in [-0.05, 0) is 68.1 Å². The predicted octanol–water partition coefficient (Wildman–Crippen LogP) is 2.06. The van der Waals surface area contributed by atoms with Crippen LogP contribution >= 0.6 is 11.3 Å². The summed E-state index contributed by atoms with van der Waals surface area (Å²) in [4.78, 5) is 28.8. The Morgan fingerprint density at radius 2 is 1.90 bits per heavy atom. The first-order valence-electron chi connectivity index (χ1n) is 12.6. The summed E-state index contributed by atoms with van der Waals surface area (Å²) in [7, 11) is -3.70. The third-order valence-electron chi connectivity index (χ3n) is 6.63. The molecule has 4 heterocycles. The molecule has 1 saturated heterocycles. The fraction of sp³-hybridized carbons (Fsp3) is 0.360. The number of hydrogen-bond acceptors (Lipinski definition) is 11. The van der Waals surface area contributed by atoms with Gasteiger partial charge in [0, 0.05) is 13.1 Å². The molecule has 0 aliphatic carbocycles. The minimum absolute atomic E-state index is 0.0246. The second-order valence-electron chi connectivity index (χ2n) is 9.47. The van der Waals surface area contributed by atoms with E-state index in [4.69, 9.17) is 15.3 Å². The fourth-order valence-electron chi connectivity index (χ4n) is 4.46. The van der Waals surface area contributed by atoms with E-state index in [1.807, 2.05) is 12.1 Å². The van der Waals surface area contributed by atoms with Crippen LogP contribution in [0, 0.1) is 5.92 Å². The quantitative estimate of drug-likeness (QED) is 0.220. The first-order valence-corrected chi connectivity index (χ1v) is 14.9. The van der Waals surface area contributed by atoms with Crippen LogP contribution in [0.3, 0.4) is 0 Å². The molecule has 0 bridgehead atoms. The van der Waals surface area contributed by atoms with Crippen molar-refractivity contribution in [2.24, 2.45) is 11.1 Å². The molecule has 3 aromatic heterocycles. The molecule has 0 atom stereocenters. The van der Waals surface area contributed by atoms with Crippen molar-refractivity contribution in [1.29, 1.82) is 0 Å². The molecule has 1 aliphatic heterocycles. The standard InChI is InChI=1S/C25H30N8O4S2/c26-22-21-24(38-23(30-21)19-2-1-13-37-19)32-25(31-22)29-14-17-8-11-33(12-9-17)15-20(34)28-10-7-16-3-5-18(6-4-16)39(27,35)36/h1-6,13,17H,7-12,14-15H2,(H,28,34)(H2,27,35,36)(H3,26,29,31,32). The van der Waals surface area contributed by atoms with Gasteiger partial charge in [-0.2, -0.15) is 4.98 Å². The Bertz CT molecular complexity index is 1530. The molecule has 0 radical (unpaired) electrons. The number of fused-ring (bicyclic) bond motifs is 1. The van der Waals surface area contributed by atoms with Gasteiger partial charge in [0.25, 0.3) is 0 Å². The van der Waals surface area contributed by atoms with Gasteiger partial charge >= 0.3 is 0 Å². The first kappa shape index (κ1) is 27.0. The van der Waals surface area contributed by atoms with Crippen molar-refractivity contribution in [3.63, 3.8) is 0 Å². The third-order valence-corrected chi connectivity index (χ3v) is 8.52. The molecule has 1 aliphatic rings. The first-order chi connectivity index (χ1) is 18.7. The largest absolute Gasteiger partial charge is 0.462 e. The summed E-state index contributed by atoms with van der Waals surface area (Å²) < 4.78 is 28.1. The van der Waals surface area contributed by atoms with E-state index in [9.17, 15) is 13.2 Å². The van der Waals surface area contributed by atoms with Crippen molar-refractivity contribution < 1.29 is 17.6 Å². The lowest BCUT2D eigenvalue weighted by molar-refractivity contribution is -0.122. The minimum Gasteiger partial charge on any atom is -0.462 e. The predicted molar refractivity (Wildman–Crippen MR) is 150 cm³/mol. The van der Waals surface area contributed by atoms with Gasteiger partial charge in [-0.25, -0.2) is 23.5 Å². The Morgan fingerprint density at radius 1 is 1.13 bits per heavy atom. The highest BCUT2D eigenvalue weighted by Crippen LogP contribution is 2.32. The topological polar surface area (TPSA) is 182 Å².